The van der Waals surface area contributed by atoms with Crippen molar-refractivity contribution in [2.75, 3.05) is 0 Å². The standard InChI is InChI=1S/C21H18ClF3N2O.C7H8.O3S/c1-14-20(22)19(27-13-26-14)4-2-3-15-5-9-17(10-6-15)28-18-11-7-16(8-12-18)21(23,24)25;1-7-5-3-2-4-6-7;1-4(2)3/h5-13H,2-4H2,1H3;2-6H,1H3;. The Kier molecular flexibility index (Phi) is 12.6. The van der Waals surface area contributed by atoms with E-state index in [4.69, 9.17) is 29.0 Å². The first-order valence-electron chi connectivity index (χ1n) is 11.6. The minimum Gasteiger partial charge on any atom is -0.457 e. The maximum Gasteiger partial charge on any atom is 0.425 e. The maximum atomic E-state index is 12.6. The summed E-state index contributed by atoms with van der Waals surface area (Å²) in [7, 11) is -3.11. The van der Waals surface area contributed by atoms with Crippen molar-refractivity contribution in [2.24, 2.45) is 0 Å². The van der Waals surface area contributed by atoms with Gasteiger partial charge >= 0.3 is 16.8 Å². The second-order valence-electron chi connectivity index (χ2n) is 8.20. The number of benzene rings is 3. The molecule has 0 bridgehead atoms. The van der Waals surface area contributed by atoms with Crippen LogP contribution in [-0.2, 0) is 29.6 Å². The lowest BCUT2D eigenvalue weighted by atomic mass is 10.1. The van der Waals surface area contributed by atoms with Crippen molar-refractivity contribution in [3.05, 3.63) is 118 Å². The van der Waals surface area contributed by atoms with E-state index in [9.17, 15) is 13.2 Å². The number of ether oxygens (including phenoxy) is 1. The van der Waals surface area contributed by atoms with Gasteiger partial charge in [-0.1, -0.05) is 59.6 Å². The van der Waals surface area contributed by atoms with Gasteiger partial charge in [0.25, 0.3) is 0 Å². The lowest BCUT2D eigenvalue weighted by Gasteiger charge is -2.09. The van der Waals surface area contributed by atoms with Gasteiger partial charge in [0.1, 0.15) is 17.8 Å². The average molecular weight is 579 g/mol. The van der Waals surface area contributed by atoms with Crippen LogP contribution in [0.3, 0.4) is 0 Å². The molecule has 0 unspecified atom stereocenters. The van der Waals surface area contributed by atoms with Crippen molar-refractivity contribution in [1.29, 1.82) is 0 Å². The average Bonchev–Trinajstić information content (AvgIpc) is 2.88. The number of rotatable bonds is 6. The predicted octanol–water partition coefficient (Wildman–Crippen LogP) is 7.42. The minimum atomic E-state index is -4.35. The summed E-state index contributed by atoms with van der Waals surface area (Å²) < 4.78 is 68.7. The molecule has 0 radical (unpaired) electrons. The molecular formula is C28H26ClF3N2O4S. The second kappa shape index (κ2) is 15.6. The molecule has 0 atom stereocenters. The molecule has 0 amide bonds. The van der Waals surface area contributed by atoms with E-state index in [1.807, 2.05) is 37.3 Å². The van der Waals surface area contributed by atoms with Crippen LogP contribution in [0.4, 0.5) is 13.2 Å². The quantitative estimate of drug-likeness (QED) is 0.237. The zero-order valence-electron chi connectivity index (χ0n) is 21.2. The summed E-state index contributed by atoms with van der Waals surface area (Å²) >= 11 is 6.20. The number of hydrogen-bond donors (Lipinski definition) is 0. The van der Waals surface area contributed by atoms with Gasteiger partial charge in [-0.3, -0.25) is 0 Å². The lowest BCUT2D eigenvalue weighted by Crippen LogP contribution is -2.03. The highest BCUT2D eigenvalue weighted by Gasteiger charge is 2.30. The van der Waals surface area contributed by atoms with Gasteiger partial charge in [0.2, 0.25) is 0 Å². The van der Waals surface area contributed by atoms with E-state index >= 15 is 0 Å². The molecule has 4 rings (SSSR count). The van der Waals surface area contributed by atoms with E-state index in [1.54, 1.807) is 12.1 Å². The number of halogens is 4. The van der Waals surface area contributed by atoms with Crippen LogP contribution in [-0.4, -0.2) is 22.6 Å². The van der Waals surface area contributed by atoms with Crippen molar-refractivity contribution in [2.45, 2.75) is 39.3 Å². The summed E-state index contributed by atoms with van der Waals surface area (Å²) in [6.07, 6.45) is -0.347. The molecule has 11 heteroatoms. The number of hydrogen-bond acceptors (Lipinski definition) is 6. The fourth-order valence-corrected chi connectivity index (χ4v) is 3.44. The summed E-state index contributed by atoms with van der Waals surface area (Å²) in [6, 6.07) is 22.4. The zero-order valence-corrected chi connectivity index (χ0v) is 22.7. The normalized spacial score (nSPS) is 10.4. The Morgan fingerprint density at radius 1 is 0.795 bits per heavy atom. The van der Waals surface area contributed by atoms with Gasteiger partial charge in [-0.2, -0.15) is 13.2 Å². The molecule has 0 aliphatic rings. The summed E-state index contributed by atoms with van der Waals surface area (Å²) in [5.74, 6) is 0.924. The molecule has 0 aliphatic carbocycles. The molecule has 0 saturated carbocycles. The van der Waals surface area contributed by atoms with Gasteiger partial charge in [-0.25, -0.2) is 9.97 Å². The molecule has 0 saturated heterocycles. The van der Waals surface area contributed by atoms with Gasteiger partial charge in [-0.15, -0.1) is 12.6 Å². The smallest absolute Gasteiger partial charge is 0.425 e. The highest BCUT2D eigenvalue weighted by atomic mass is 35.5. The molecule has 0 aliphatic heterocycles. The fourth-order valence-electron chi connectivity index (χ4n) is 3.25. The van der Waals surface area contributed by atoms with Crippen LogP contribution in [0.15, 0.2) is 85.2 Å². The lowest BCUT2D eigenvalue weighted by molar-refractivity contribution is -0.137. The summed E-state index contributed by atoms with van der Waals surface area (Å²) in [5, 5.41) is 0.614. The molecule has 0 spiro atoms. The number of nitrogens with zero attached hydrogens (tertiary/aromatic N) is 2. The molecule has 0 fully saturated rings. The molecule has 3 aromatic carbocycles. The van der Waals surface area contributed by atoms with E-state index in [0.29, 0.717) is 16.5 Å². The van der Waals surface area contributed by atoms with Crippen LogP contribution in [0.25, 0.3) is 0 Å². The highest BCUT2D eigenvalue weighted by Crippen LogP contribution is 2.31. The van der Waals surface area contributed by atoms with Crippen LogP contribution in [0.1, 0.15) is 34.5 Å². The Balaban J connectivity index is 0.000000404. The Bertz CT molecular complexity index is 1410. The number of aromatic nitrogens is 2. The summed E-state index contributed by atoms with van der Waals surface area (Å²) in [4.78, 5) is 8.27. The highest BCUT2D eigenvalue weighted by molar-refractivity contribution is 7.59. The van der Waals surface area contributed by atoms with Gasteiger partial charge in [-0.05, 0) is 75.1 Å². The molecule has 206 valence electrons. The van der Waals surface area contributed by atoms with Crippen LogP contribution in [0.5, 0.6) is 11.5 Å². The van der Waals surface area contributed by atoms with Gasteiger partial charge in [0.05, 0.1) is 22.0 Å². The van der Waals surface area contributed by atoms with Crippen molar-refractivity contribution >= 4 is 22.2 Å². The van der Waals surface area contributed by atoms with Crippen molar-refractivity contribution in [1.82, 2.24) is 9.97 Å². The van der Waals surface area contributed by atoms with E-state index in [-0.39, 0.29) is 0 Å². The van der Waals surface area contributed by atoms with Gasteiger partial charge < -0.3 is 4.74 Å². The minimum absolute atomic E-state index is 0.356. The topological polar surface area (TPSA) is 86.2 Å². The SMILES string of the molecule is Cc1ccccc1.Cc1ncnc(CCCc2ccc(Oc3ccc(C(F)(F)F)cc3)cc2)c1Cl.O=S(=O)=O. The Hall–Kier alpha value is -3.76. The third-order valence-corrected chi connectivity index (χ3v) is 5.69. The Morgan fingerprint density at radius 2 is 1.33 bits per heavy atom. The Morgan fingerprint density at radius 3 is 1.82 bits per heavy atom. The van der Waals surface area contributed by atoms with Crippen molar-refractivity contribution in [3.63, 3.8) is 0 Å². The van der Waals surface area contributed by atoms with Gasteiger partial charge in [0.15, 0.2) is 0 Å². The zero-order chi connectivity index (χ0) is 28.8. The molecule has 4 aromatic rings. The molecule has 39 heavy (non-hydrogen) atoms. The van der Waals surface area contributed by atoms with Crippen LogP contribution in [0.2, 0.25) is 5.02 Å². The molecular weight excluding hydrogens is 553 g/mol. The third-order valence-electron chi connectivity index (χ3n) is 5.20. The van der Waals surface area contributed by atoms with E-state index in [0.717, 1.165) is 48.3 Å². The van der Waals surface area contributed by atoms with Crippen LogP contribution < -0.4 is 4.74 Å². The second-order valence-corrected chi connectivity index (χ2v) is 8.99. The third kappa shape index (κ3) is 12.1. The summed E-state index contributed by atoms with van der Waals surface area (Å²) in [5.41, 5.74) is 3.37. The molecule has 1 aromatic heterocycles. The molecule has 0 N–H and O–H groups in total. The predicted molar refractivity (Wildman–Crippen MR) is 143 cm³/mol. The van der Waals surface area contributed by atoms with Crippen LogP contribution in [0, 0.1) is 13.8 Å². The molecule has 6 nitrogen and oxygen atoms in total. The van der Waals surface area contributed by atoms with Gasteiger partial charge in [0, 0.05) is 0 Å². The first-order chi connectivity index (χ1) is 18.5. The van der Waals surface area contributed by atoms with Crippen LogP contribution >= 0.6 is 11.6 Å². The molecule has 1 heterocycles. The van der Waals surface area contributed by atoms with Crippen molar-refractivity contribution < 1.29 is 30.5 Å². The fraction of sp³-hybridized carbons (Fsp3) is 0.214. The largest absolute Gasteiger partial charge is 0.457 e. The van der Waals surface area contributed by atoms with E-state index in [1.165, 1.54) is 24.0 Å². The summed E-state index contributed by atoms with van der Waals surface area (Å²) in [6.45, 7) is 3.93. The van der Waals surface area contributed by atoms with Crippen molar-refractivity contribution in [3.8, 4) is 11.5 Å². The Labute approximate surface area is 231 Å². The number of alkyl halides is 3. The van der Waals surface area contributed by atoms with E-state index < -0.39 is 22.3 Å². The monoisotopic (exact) mass is 578 g/mol. The maximum absolute atomic E-state index is 12.6. The first-order valence-corrected chi connectivity index (χ1v) is 13.0. The number of aryl methyl sites for hydroxylation is 4. The first kappa shape index (κ1) is 31.5. The van der Waals surface area contributed by atoms with E-state index in [2.05, 4.69) is 29.0 Å².